The van der Waals surface area contributed by atoms with Gasteiger partial charge in [-0.25, -0.2) is 0 Å². The first-order valence-electron chi connectivity index (χ1n) is 11.1. The van der Waals surface area contributed by atoms with Gasteiger partial charge in [-0.2, -0.15) is 0 Å². The minimum absolute atomic E-state index is 0. The van der Waals surface area contributed by atoms with E-state index in [4.69, 9.17) is 0 Å². The molecule has 0 N–H and O–H groups in total. The Balaban J connectivity index is 0.00000338. The molecule has 0 spiro atoms. The lowest BCUT2D eigenvalue weighted by Crippen LogP contribution is -2.36. The maximum atomic E-state index is 3.99. The standard InChI is InChI=1S/C25H44.CH4/c1-8-11-21-12-10-13-22(25(21,7)17-9-2)16-18-24(6)20(5)14-15-23(24)19(3)4;/h8,11,19-20,22-23H,1,9-10,12-18H2,2-7H3;1H4/b21-11-;. The van der Waals surface area contributed by atoms with Gasteiger partial charge in [-0.3, -0.25) is 0 Å². The quantitative estimate of drug-likeness (QED) is 0.425. The van der Waals surface area contributed by atoms with Crippen LogP contribution in [0.2, 0.25) is 0 Å². The Hall–Kier alpha value is -0.520. The van der Waals surface area contributed by atoms with Gasteiger partial charge >= 0.3 is 0 Å². The van der Waals surface area contributed by atoms with E-state index in [1.165, 1.54) is 57.8 Å². The van der Waals surface area contributed by atoms with Gasteiger partial charge in [-0.05, 0) is 85.9 Å². The van der Waals surface area contributed by atoms with E-state index < -0.39 is 0 Å². The molecule has 5 atom stereocenters. The molecule has 5 unspecified atom stereocenters. The number of hydrogen-bond acceptors (Lipinski definition) is 0. The second-order valence-corrected chi connectivity index (χ2v) is 10.1. The highest BCUT2D eigenvalue weighted by Crippen LogP contribution is 2.56. The molecule has 0 amide bonds. The van der Waals surface area contributed by atoms with Crippen molar-refractivity contribution in [1.29, 1.82) is 0 Å². The Morgan fingerprint density at radius 2 is 1.85 bits per heavy atom. The van der Waals surface area contributed by atoms with Crippen LogP contribution in [-0.2, 0) is 0 Å². The molecule has 0 radical (unpaired) electrons. The van der Waals surface area contributed by atoms with Gasteiger partial charge in [0.1, 0.15) is 0 Å². The predicted octanol–water partition coefficient (Wildman–Crippen LogP) is 8.83. The first-order chi connectivity index (χ1) is 11.8. The Morgan fingerprint density at radius 1 is 1.15 bits per heavy atom. The van der Waals surface area contributed by atoms with Crippen molar-refractivity contribution in [2.45, 2.75) is 107 Å². The highest BCUT2D eigenvalue weighted by Gasteiger charge is 2.46. The van der Waals surface area contributed by atoms with Crippen LogP contribution in [0.3, 0.4) is 0 Å². The monoisotopic (exact) mass is 360 g/mol. The zero-order valence-electron chi connectivity index (χ0n) is 18.0. The molecule has 0 aliphatic heterocycles. The van der Waals surface area contributed by atoms with Crippen LogP contribution in [0, 0.1) is 34.5 Å². The van der Waals surface area contributed by atoms with Crippen molar-refractivity contribution in [2.75, 3.05) is 0 Å². The molecule has 0 nitrogen and oxygen atoms in total. The normalized spacial score (nSPS) is 39.2. The van der Waals surface area contributed by atoms with Gasteiger partial charge in [0, 0.05) is 0 Å². The number of hydrogen-bond donors (Lipinski definition) is 0. The first kappa shape index (κ1) is 23.5. The highest BCUT2D eigenvalue weighted by molar-refractivity contribution is 5.22. The average molecular weight is 361 g/mol. The van der Waals surface area contributed by atoms with Gasteiger partial charge in [-0.15, -0.1) is 0 Å². The van der Waals surface area contributed by atoms with E-state index in [2.05, 4.69) is 54.2 Å². The Bertz CT molecular complexity index is 470. The summed E-state index contributed by atoms with van der Waals surface area (Å²) in [4.78, 5) is 0. The maximum absolute atomic E-state index is 3.99. The molecular formula is C26H48. The smallest absolute Gasteiger partial charge is 0.00851 e. The molecular weight excluding hydrogens is 312 g/mol. The van der Waals surface area contributed by atoms with Crippen molar-refractivity contribution >= 4 is 0 Å². The molecule has 26 heavy (non-hydrogen) atoms. The van der Waals surface area contributed by atoms with Crippen molar-refractivity contribution in [1.82, 2.24) is 0 Å². The van der Waals surface area contributed by atoms with E-state index in [1.807, 2.05) is 6.08 Å². The van der Waals surface area contributed by atoms with Crippen LogP contribution in [0.1, 0.15) is 107 Å². The van der Waals surface area contributed by atoms with Crippen LogP contribution in [0.15, 0.2) is 24.3 Å². The molecule has 0 bridgehead atoms. The van der Waals surface area contributed by atoms with Crippen LogP contribution in [0.5, 0.6) is 0 Å². The second-order valence-electron chi connectivity index (χ2n) is 10.1. The Morgan fingerprint density at radius 3 is 2.42 bits per heavy atom. The Kier molecular flexibility index (Phi) is 8.69. The Labute approximate surface area is 165 Å². The summed E-state index contributed by atoms with van der Waals surface area (Å²) < 4.78 is 0. The van der Waals surface area contributed by atoms with E-state index in [-0.39, 0.29) is 7.43 Å². The maximum Gasteiger partial charge on any atom is -0.00851 e. The van der Waals surface area contributed by atoms with Crippen molar-refractivity contribution < 1.29 is 0 Å². The third kappa shape index (κ3) is 4.48. The van der Waals surface area contributed by atoms with Crippen molar-refractivity contribution in [3.05, 3.63) is 24.3 Å². The predicted molar refractivity (Wildman–Crippen MR) is 119 cm³/mol. The topological polar surface area (TPSA) is 0 Å². The molecule has 0 aromatic rings. The minimum atomic E-state index is 0. The molecule has 0 saturated heterocycles. The second kappa shape index (κ2) is 9.61. The highest BCUT2D eigenvalue weighted by atomic mass is 14.5. The summed E-state index contributed by atoms with van der Waals surface area (Å²) in [5.41, 5.74) is 2.65. The molecule has 2 rings (SSSR count). The largest absolute Gasteiger partial charge is 0.0991 e. The molecule has 2 aliphatic carbocycles. The van der Waals surface area contributed by atoms with Crippen molar-refractivity contribution in [3.8, 4) is 0 Å². The lowest BCUT2D eigenvalue weighted by Gasteiger charge is -2.46. The van der Waals surface area contributed by atoms with Gasteiger partial charge < -0.3 is 0 Å². The summed E-state index contributed by atoms with van der Waals surface area (Å²) in [6.45, 7) is 19.0. The summed E-state index contributed by atoms with van der Waals surface area (Å²) in [7, 11) is 0. The third-order valence-electron chi connectivity index (χ3n) is 8.44. The van der Waals surface area contributed by atoms with Crippen LogP contribution in [-0.4, -0.2) is 0 Å². The average Bonchev–Trinajstić information content (AvgIpc) is 2.85. The van der Waals surface area contributed by atoms with Gasteiger partial charge in [-0.1, -0.05) is 79.7 Å². The molecule has 152 valence electrons. The molecule has 0 heteroatoms. The van der Waals surface area contributed by atoms with Crippen LogP contribution < -0.4 is 0 Å². The molecule has 2 saturated carbocycles. The van der Waals surface area contributed by atoms with E-state index in [0.29, 0.717) is 10.8 Å². The first-order valence-corrected chi connectivity index (χ1v) is 11.1. The van der Waals surface area contributed by atoms with Crippen LogP contribution in [0.25, 0.3) is 0 Å². The van der Waals surface area contributed by atoms with E-state index >= 15 is 0 Å². The van der Waals surface area contributed by atoms with Gasteiger partial charge in [0.05, 0.1) is 0 Å². The molecule has 2 aliphatic rings. The fourth-order valence-electron chi connectivity index (χ4n) is 6.63. The summed E-state index contributed by atoms with van der Waals surface area (Å²) in [5.74, 6) is 3.51. The zero-order chi connectivity index (χ0) is 18.7. The van der Waals surface area contributed by atoms with Crippen molar-refractivity contribution in [2.24, 2.45) is 34.5 Å². The number of rotatable bonds is 7. The summed E-state index contributed by atoms with van der Waals surface area (Å²) >= 11 is 0. The van der Waals surface area contributed by atoms with E-state index in [1.54, 1.807) is 5.57 Å². The molecule has 0 aromatic heterocycles. The van der Waals surface area contributed by atoms with Crippen molar-refractivity contribution in [3.63, 3.8) is 0 Å². The zero-order valence-corrected chi connectivity index (χ0v) is 18.0. The third-order valence-corrected chi connectivity index (χ3v) is 8.44. The fraction of sp³-hybridized carbons (Fsp3) is 0.846. The summed E-state index contributed by atoms with van der Waals surface area (Å²) in [6, 6.07) is 0. The summed E-state index contributed by atoms with van der Waals surface area (Å²) in [6.07, 6.45) is 16.9. The van der Waals surface area contributed by atoms with E-state index in [0.717, 1.165) is 23.7 Å². The summed E-state index contributed by atoms with van der Waals surface area (Å²) in [5, 5.41) is 0. The van der Waals surface area contributed by atoms with Crippen LogP contribution >= 0.6 is 0 Å². The molecule has 0 aromatic carbocycles. The lowest BCUT2D eigenvalue weighted by molar-refractivity contribution is 0.0785. The van der Waals surface area contributed by atoms with Gasteiger partial charge in [0.2, 0.25) is 0 Å². The fourth-order valence-corrected chi connectivity index (χ4v) is 6.63. The molecule has 0 heterocycles. The van der Waals surface area contributed by atoms with Gasteiger partial charge in [0.25, 0.3) is 0 Å². The van der Waals surface area contributed by atoms with Gasteiger partial charge in [0.15, 0.2) is 0 Å². The lowest BCUT2D eigenvalue weighted by atomic mass is 9.58. The SMILES string of the molecule is C.C=C/C=C1/CCCC(CCC2(C)C(C)CCC2C(C)C)C1(C)CCC. The number of allylic oxidation sites excluding steroid dienone is 3. The minimum Gasteiger partial charge on any atom is -0.0991 e. The van der Waals surface area contributed by atoms with Crippen LogP contribution in [0.4, 0.5) is 0 Å². The van der Waals surface area contributed by atoms with E-state index in [9.17, 15) is 0 Å². The molecule has 2 fully saturated rings.